The smallest absolute Gasteiger partial charge is 0.245 e. The molecule has 1 amide bonds. The Morgan fingerprint density at radius 2 is 2.00 bits per heavy atom. The van der Waals surface area contributed by atoms with Crippen molar-refractivity contribution in [2.24, 2.45) is 5.73 Å². The Kier molecular flexibility index (Phi) is 4.47. The van der Waals surface area contributed by atoms with Gasteiger partial charge in [-0.15, -0.1) is 0 Å². The molecule has 1 aliphatic rings. The first-order valence-corrected chi connectivity index (χ1v) is 7.33. The van der Waals surface area contributed by atoms with Gasteiger partial charge in [0, 0.05) is 29.8 Å². The summed E-state index contributed by atoms with van der Waals surface area (Å²) < 4.78 is 1.04. The van der Waals surface area contributed by atoms with E-state index in [1.807, 2.05) is 31.3 Å². The van der Waals surface area contributed by atoms with Crippen LogP contribution in [0.4, 0.5) is 5.69 Å². The van der Waals surface area contributed by atoms with Gasteiger partial charge < -0.3 is 15.5 Å². The Balaban J connectivity index is 2.33. The molecule has 2 unspecified atom stereocenters. The first-order chi connectivity index (χ1) is 9.04. The molecule has 4 nitrogen and oxygen atoms in total. The van der Waals surface area contributed by atoms with Gasteiger partial charge in [-0.05, 0) is 44.2 Å². The predicted octanol–water partition coefficient (Wildman–Crippen LogP) is 1.83. The van der Waals surface area contributed by atoms with Crippen LogP contribution in [0.2, 0.25) is 0 Å². The maximum absolute atomic E-state index is 12.3. The van der Waals surface area contributed by atoms with Gasteiger partial charge in [0.25, 0.3) is 0 Å². The van der Waals surface area contributed by atoms with Crippen molar-refractivity contribution in [2.75, 3.05) is 25.0 Å². The Morgan fingerprint density at radius 1 is 1.37 bits per heavy atom. The number of nitrogens with two attached hydrogens (primary N) is 1. The van der Waals surface area contributed by atoms with Crippen LogP contribution in [0.25, 0.3) is 0 Å². The van der Waals surface area contributed by atoms with Gasteiger partial charge in [-0.1, -0.05) is 15.9 Å². The molecule has 0 bridgehead atoms. The van der Waals surface area contributed by atoms with Crippen LogP contribution in [0.5, 0.6) is 0 Å². The zero-order valence-electron chi connectivity index (χ0n) is 11.3. The standard InChI is InChI=1S/C14H20BrN3O/c1-10-9-17(2)14(19)13(7-8-16)18(10)12-5-3-11(15)4-6-12/h3-6,10,13H,7-9,16H2,1-2H3. The van der Waals surface area contributed by atoms with Gasteiger partial charge in [-0.2, -0.15) is 0 Å². The number of carbonyl (C=O) groups is 1. The number of rotatable bonds is 3. The van der Waals surface area contributed by atoms with Gasteiger partial charge >= 0.3 is 0 Å². The van der Waals surface area contributed by atoms with E-state index in [2.05, 4.69) is 27.8 Å². The van der Waals surface area contributed by atoms with Crippen molar-refractivity contribution in [1.82, 2.24) is 4.90 Å². The molecule has 0 radical (unpaired) electrons. The minimum absolute atomic E-state index is 0.153. The van der Waals surface area contributed by atoms with Crippen molar-refractivity contribution in [3.05, 3.63) is 28.7 Å². The molecule has 19 heavy (non-hydrogen) atoms. The Bertz CT molecular complexity index is 449. The van der Waals surface area contributed by atoms with Gasteiger partial charge in [0.1, 0.15) is 6.04 Å². The number of benzene rings is 1. The fraction of sp³-hybridized carbons (Fsp3) is 0.500. The highest BCUT2D eigenvalue weighted by Gasteiger charge is 2.36. The molecule has 2 rings (SSSR count). The van der Waals surface area contributed by atoms with Crippen LogP contribution in [0, 0.1) is 0 Å². The summed E-state index contributed by atoms with van der Waals surface area (Å²) in [5.74, 6) is 0.159. The zero-order valence-corrected chi connectivity index (χ0v) is 12.9. The summed E-state index contributed by atoms with van der Waals surface area (Å²) in [5, 5.41) is 0. The van der Waals surface area contributed by atoms with Crippen LogP contribution in [0.15, 0.2) is 28.7 Å². The van der Waals surface area contributed by atoms with E-state index < -0.39 is 0 Å². The lowest BCUT2D eigenvalue weighted by Crippen LogP contribution is -2.60. The lowest BCUT2D eigenvalue weighted by Gasteiger charge is -2.45. The number of nitrogens with zero attached hydrogens (tertiary/aromatic N) is 2. The molecule has 104 valence electrons. The lowest BCUT2D eigenvalue weighted by atomic mass is 10.0. The van der Waals surface area contributed by atoms with Gasteiger partial charge in [0.2, 0.25) is 5.91 Å². The van der Waals surface area contributed by atoms with Crippen LogP contribution in [-0.2, 0) is 4.79 Å². The number of amides is 1. The summed E-state index contributed by atoms with van der Waals surface area (Å²) in [6.07, 6.45) is 0.684. The highest BCUT2D eigenvalue weighted by atomic mass is 79.9. The van der Waals surface area contributed by atoms with E-state index in [1.165, 1.54) is 0 Å². The van der Waals surface area contributed by atoms with Crippen LogP contribution in [0.1, 0.15) is 13.3 Å². The summed E-state index contributed by atoms with van der Waals surface area (Å²) in [6.45, 7) is 3.41. The minimum atomic E-state index is -0.153. The zero-order chi connectivity index (χ0) is 14.0. The molecule has 0 spiro atoms. The molecule has 1 aliphatic heterocycles. The quantitative estimate of drug-likeness (QED) is 0.922. The van der Waals surface area contributed by atoms with Crippen LogP contribution < -0.4 is 10.6 Å². The molecular weight excluding hydrogens is 306 g/mol. The maximum atomic E-state index is 12.3. The van der Waals surface area contributed by atoms with Crippen LogP contribution >= 0.6 is 15.9 Å². The SMILES string of the molecule is CC1CN(C)C(=O)C(CCN)N1c1ccc(Br)cc1. The second-order valence-electron chi connectivity index (χ2n) is 5.04. The molecule has 0 aromatic heterocycles. The average Bonchev–Trinajstić information content (AvgIpc) is 2.38. The first-order valence-electron chi connectivity index (χ1n) is 6.53. The summed E-state index contributed by atoms with van der Waals surface area (Å²) in [5.41, 5.74) is 6.75. The van der Waals surface area contributed by atoms with Gasteiger partial charge in [-0.25, -0.2) is 0 Å². The van der Waals surface area contributed by atoms with Crippen molar-refractivity contribution in [3.63, 3.8) is 0 Å². The van der Waals surface area contributed by atoms with Crippen molar-refractivity contribution >= 4 is 27.5 Å². The molecule has 0 aliphatic carbocycles. The molecule has 5 heteroatoms. The monoisotopic (exact) mass is 325 g/mol. The molecule has 1 aromatic rings. The number of hydrogen-bond acceptors (Lipinski definition) is 3. The van der Waals surface area contributed by atoms with E-state index in [9.17, 15) is 4.79 Å². The number of halogens is 1. The third-order valence-corrected chi connectivity index (χ3v) is 4.10. The number of carbonyl (C=O) groups excluding carboxylic acids is 1. The van der Waals surface area contributed by atoms with Crippen molar-refractivity contribution in [2.45, 2.75) is 25.4 Å². The third-order valence-electron chi connectivity index (χ3n) is 3.57. The molecule has 1 fully saturated rings. The molecule has 2 N–H and O–H groups in total. The van der Waals surface area contributed by atoms with Crippen molar-refractivity contribution in [3.8, 4) is 0 Å². The average molecular weight is 326 g/mol. The van der Waals surface area contributed by atoms with E-state index in [0.29, 0.717) is 19.0 Å². The van der Waals surface area contributed by atoms with Gasteiger partial charge in [0.15, 0.2) is 0 Å². The van der Waals surface area contributed by atoms with E-state index >= 15 is 0 Å². The largest absolute Gasteiger partial charge is 0.355 e. The maximum Gasteiger partial charge on any atom is 0.245 e. The molecular formula is C14H20BrN3O. The predicted molar refractivity (Wildman–Crippen MR) is 81.2 cm³/mol. The lowest BCUT2D eigenvalue weighted by molar-refractivity contribution is -0.133. The van der Waals surface area contributed by atoms with Crippen LogP contribution in [0.3, 0.4) is 0 Å². The Morgan fingerprint density at radius 3 is 2.58 bits per heavy atom. The Labute approximate surface area is 122 Å². The van der Waals surface area contributed by atoms with E-state index in [1.54, 1.807) is 4.90 Å². The van der Waals surface area contributed by atoms with Gasteiger partial charge in [-0.3, -0.25) is 4.79 Å². The molecule has 2 atom stereocenters. The second-order valence-corrected chi connectivity index (χ2v) is 5.96. The van der Waals surface area contributed by atoms with Crippen LogP contribution in [-0.4, -0.2) is 43.0 Å². The number of hydrogen-bond donors (Lipinski definition) is 1. The topological polar surface area (TPSA) is 49.6 Å². The highest BCUT2D eigenvalue weighted by molar-refractivity contribution is 9.10. The third kappa shape index (κ3) is 2.92. The summed E-state index contributed by atoms with van der Waals surface area (Å²) >= 11 is 3.44. The summed E-state index contributed by atoms with van der Waals surface area (Å²) in [6, 6.07) is 8.24. The number of likely N-dealkylation sites (N-methyl/N-ethyl adjacent to an activating group) is 1. The van der Waals surface area contributed by atoms with Crippen molar-refractivity contribution < 1.29 is 4.79 Å². The highest BCUT2D eigenvalue weighted by Crippen LogP contribution is 2.27. The number of anilines is 1. The second kappa shape index (κ2) is 5.92. The minimum Gasteiger partial charge on any atom is -0.355 e. The van der Waals surface area contributed by atoms with Crippen molar-refractivity contribution in [1.29, 1.82) is 0 Å². The first kappa shape index (κ1) is 14.3. The molecule has 1 aromatic carbocycles. The fourth-order valence-corrected chi connectivity index (χ4v) is 2.99. The normalized spacial score (nSPS) is 23.9. The number of piperazine rings is 1. The van der Waals surface area contributed by atoms with E-state index in [4.69, 9.17) is 5.73 Å². The fourth-order valence-electron chi connectivity index (χ4n) is 2.72. The molecule has 0 saturated carbocycles. The Hall–Kier alpha value is -1.07. The molecule has 1 saturated heterocycles. The summed E-state index contributed by atoms with van der Waals surface area (Å²) in [4.78, 5) is 16.3. The van der Waals surface area contributed by atoms with Gasteiger partial charge in [0.05, 0.1) is 0 Å². The van der Waals surface area contributed by atoms with E-state index in [-0.39, 0.29) is 11.9 Å². The molecule has 1 heterocycles. The summed E-state index contributed by atoms with van der Waals surface area (Å²) in [7, 11) is 1.86. The van der Waals surface area contributed by atoms with E-state index in [0.717, 1.165) is 16.7 Å².